The van der Waals surface area contributed by atoms with Crippen LogP contribution in [0.5, 0.6) is 0 Å². The van der Waals surface area contributed by atoms with Crippen molar-refractivity contribution in [1.82, 2.24) is 4.90 Å². The molecule has 1 aliphatic heterocycles. The van der Waals surface area contributed by atoms with Gasteiger partial charge in [0.2, 0.25) is 0 Å². The largest absolute Gasteiger partial charge is 0.398 e. The topological polar surface area (TPSA) is 58.4 Å². The van der Waals surface area contributed by atoms with E-state index in [1.165, 1.54) is 32.9 Å². The van der Waals surface area contributed by atoms with Gasteiger partial charge in [0, 0.05) is 30.0 Å². The molecule has 4 nitrogen and oxygen atoms in total. The number of hydrogen-bond donors (Lipinski definition) is 2. The highest BCUT2D eigenvalue weighted by molar-refractivity contribution is 5.99. The zero-order valence-corrected chi connectivity index (χ0v) is 10.9. The maximum atomic E-state index is 11.3. The Morgan fingerprint density at radius 3 is 2.72 bits per heavy atom. The summed E-state index contributed by atoms with van der Waals surface area (Å²) in [5, 5.41) is 3.35. The number of Topliss-reactive ketones (excluding diaryl/α,β-unsaturated/α-hetero) is 1. The van der Waals surface area contributed by atoms with Crippen LogP contribution < -0.4 is 11.1 Å². The van der Waals surface area contributed by atoms with E-state index in [-0.39, 0.29) is 5.78 Å². The van der Waals surface area contributed by atoms with Crippen molar-refractivity contribution in [2.24, 2.45) is 0 Å². The molecule has 3 N–H and O–H groups in total. The van der Waals surface area contributed by atoms with Gasteiger partial charge in [-0.2, -0.15) is 0 Å². The third-order valence-corrected chi connectivity index (χ3v) is 3.39. The van der Waals surface area contributed by atoms with Crippen molar-refractivity contribution in [1.29, 1.82) is 0 Å². The maximum Gasteiger partial charge on any atom is 0.161 e. The lowest BCUT2D eigenvalue weighted by molar-refractivity contribution is 0.101. The molecule has 1 heterocycles. The van der Waals surface area contributed by atoms with Crippen LogP contribution in [-0.4, -0.2) is 36.9 Å². The first-order valence-corrected chi connectivity index (χ1v) is 6.53. The van der Waals surface area contributed by atoms with E-state index >= 15 is 0 Å². The molecule has 0 amide bonds. The zero-order chi connectivity index (χ0) is 13.0. The van der Waals surface area contributed by atoms with E-state index in [0.29, 0.717) is 11.3 Å². The predicted octanol–water partition coefficient (Wildman–Crippen LogP) is 1.98. The molecule has 1 aromatic rings. The SMILES string of the molecule is CC(=O)c1ccc(NCCN2CCCC2)cc1N. The quantitative estimate of drug-likeness (QED) is 0.617. The Balaban J connectivity index is 1.85. The number of nitrogen functional groups attached to an aromatic ring is 1. The average Bonchev–Trinajstić information content (AvgIpc) is 2.81. The smallest absolute Gasteiger partial charge is 0.161 e. The number of anilines is 2. The lowest BCUT2D eigenvalue weighted by Gasteiger charge is -2.15. The van der Waals surface area contributed by atoms with Crippen LogP contribution in [0.4, 0.5) is 11.4 Å². The minimum Gasteiger partial charge on any atom is -0.398 e. The number of nitrogens with two attached hydrogens (primary N) is 1. The molecule has 0 unspecified atom stereocenters. The minimum absolute atomic E-state index is 0.0103. The number of ketones is 1. The zero-order valence-electron chi connectivity index (χ0n) is 10.9. The van der Waals surface area contributed by atoms with Gasteiger partial charge in [0.25, 0.3) is 0 Å². The van der Waals surface area contributed by atoms with Crippen molar-refractivity contribution in [3.8, 4) is 0 Å². The van der Waals surface area contributed by atoms with Gasteiger partial charge >= 0.3 is 0 Å². The molecule has 0 aromatic heterocycles. The van der Waals surface area contributed by atoms with Gasteiger partial charge < -0.3 is 16.0 Å². The summed E-state index contributed by atoms with van der Waals surface area (Å²) in [4.78, 5) is 13.7. The number of rotatable bonds is 5. The summed E-state index contributed by atoms with van der Waals surface area (Å²) >= 11 is 0. The van der Waals surface area contributed by atoms with Gasteiger partial charge in [-0.15, -0.1) is 0 Å². The summed E-state index contributed by atoms with van der Waals surface area (Å²) in [5.74, 6) is 0.0103. The van der Waals surface area contributed by atoms with E-state index < -0.39 is 0 Å². The third kappa shape index (κ3) is 3.23. The molecular weight excluding hydrogens is 226 g/mol. The van der Waals surface area contributed by atoms with Crippen LogP contribution in [0.2, 0.25) is 0 Å². The van der Waals surface area contributed by atoms with Crippen LogP contribution in [-0.2, 0) is 0 Å². The number of benzene rings is 1. The maximum absolute atomic E-state index is 11.3. The van der Waals surface area contributed by atoms with Crippen molar-refractivity contribution in [2.45, 2.75) is 19.8 Å². The molecular formula is C14H21N3O. The minimum atomic E-state index is 0.0103. The van der Waals surface area contributed by atoms with Crippen LogP contribution in [0, 0.1) is 0 Å². The first kappa shape index (κ1) is 12.9. The number of nitrogens with zero attached hydrogens (tertiary/aromatic N) is 1. The van der Waals surface area contributed by atoms with E-state index in [2.05, 4.69) is 10.2 Å². The van der Waals surface area contributed by atoms with Crippen molar-refractivity contribution in [3.05, 3.63) is 23.8 Å². The summed E-state index contributed by atoms with van der Waals surface area (Å²) in [5.41, 5.74) is 7.97. The van der Waals surface area contributed by atoms with Crippen molar-refractivity contribution in [2.75, 3.05) is 37.2 Å². The fraction of sp³-hybridized carbons (Fsp3) is 0.500. The number of carbonyl (C=O) groups is 1. The highest BCUT2D eigenvalue weighted by Crippen LogP contribution is 2.18. The Morgan fingerprint density at radius 2 is 2.11 bits per heavy atom. The molecule has 1 aliphatic rings. The van der Waals surface area contributed by atoms with Crippen LogP contribution >= 0.6 is 0 Å². The average molecular weight is 247 g/mol. The second kappa shape index (κ2) is 5.87. The highest BCUT2D eigenvalue weighted by Gasteiger charge is 2.10. The number of nitrogens with one attached hydrogen (secondary N) is 1. The van der Waals surface area contributed by atoms with Gasteiger partial charge in [0.15, 0.2) is 5.78 Å². The lowest BCUT2D eigenvalue weighted by Crippen LogP contribution is -2.25. The molecule has 4 heteroatoms. The Kier molecular flexibility index (Phi) is 4.20. The van der Waals surface area contributed by atoms with Crippen molar-refractivity contribution in [3.63, 3.8) is 0 Å². The monoisotopic (exact) mass is 247 g/mol. The molecule has 1 fully saturated rings. The van der Waals surface area contributed by atoms with Gasteiger partial charge in [0.1, 0.15) is 0 Å². The normalized spacial score (nSPS) is 15.8. The Hall–Kier alpha value is -1.55. The first-order valence-electron chi connectivity index (χ1n) is 6.53. The summed E-state index contributed by atoms with van der Waals surface area (Å²) in [6, 6.07) is 5.54. The standard InChI is InChI=1S/C14H21N3O/c1-11(18)13-5-4-12(10-14(13)15)16-6-9-17-7-2-3-8-17/h4-5,10,16H,2-3,6-9,15H2,1H3. The fourth-order valence-electron chi connectivity index (χ4n) is 2.36. The summed E-state index contributed by atoms with van der Waals surface area (Å²) in [6.07, 6.45) is 2.64. The Morgan fingerprint density at radius 1 is 1.39 bits per heavy atom. The van der Waals surface area contributed by atoms with Crippen LogP contribution in [0.1, 0.15) is 30.1 Å². The molecule has 0 radical (unpaired) electrons. The Bertz CT molecular complexity index is 425. The molecule has 1 saturated heterocycles. The number of hydrogen-bond acceptors (Lipinski definition) is 4. The van der Waals surface area contributed by atoms with E-state index in [4.69, 9.17) is 5.73 Å². The molecule has 0 bridgehead atoms. The van der Waals surface area contributed by atoms with Crippen molar-refractivity contribution >= 4 is 17.2 Å². The van der Waals surface area contributed by atoms with Crippen LogP contribution in [0.3, 0.4) is 0 Å². The highest BCUT2D eigenvalue weighted by atomic mass is 16.1. The second-order valence-electron chi connectivity index (χ2n) is 4.83. The van der Waals surface area contributed by atoms with Crippen molar-refractivity contribution < 1.29 is 4.79 Å². The van der Waals surface area contributed by atoms with Gasteiger partial charge in [-0.05, 0) is 51.1 Å². The lowest BCUT2D eigenvalue weighted by atomic mass is 10.1. The van der Waals surface area contributed by atoms with E-state index in [1.54, 1.807) is 6.07 Å². The number of carbonyl (C=O) groups excluding carboxylic acids is 1. The molecule has 18 heavy (non-hydrogen) atoms. The van der Waals surface area contributed by atoms with E-state index in [0.717, 1.165) is 18.8 Å². The van der Waals surface area contributed by atoms with E-state index in [9.17, 15) is 4.79 Å². The van der Waals surface area contributed by atoms with Gasteiger partial charge in [0.05, 0.1) is 0 Å². The predicted molar refractivity (Wildman–Crippen MR) is 75.0 cm³/mol. The second-order valence-corrected chi connectivity index (χ2v) is 4.83. The van der Waals surface area contributed by atoms with Crippen LogP contribution in [0.25, 0.3) is 0 Å². The van der Waals surface area contributed by atoms with Gasteiger partial charge in [-0.3, -0.25) is 4.79 Å². The summed E-state index contributed by atoms with van der Waals surface area (Å²) in [7, 11) is 0. The molecule has 0 spiro atoms. The van der Waals surface area contributed by atoms with Gasteiger partial charge in [-0.25, -0.2) is 0 Å². The molecule has 0 aliphatic carbocycles. The summed E-state index contributed by atoms with van der Waals surface area (Å²) < 4.78 is 0. The van der Waals surface area contributed by atoms with Crippen LogP contribution in [0.15, 0.2) is 18.2 Å². The molecule has 2 rings (SSSR count). The molecule has 98 valence electrons. The molecule has 0 atom stereocenters. The summed E-state index contributed by atoms with van der Waals surface area (Å²) in [6.45, 7) is 5.94. The number of likely N-dealkylation sites (tertiary alicyclic amines) is 1. The Labute approximate surface area is 108 Å². The van der Waals surface area contributed by atoms with Gasteiger partial charge in [-0.1, -0.05) is 0 Å². The fourth-order valence-corrected chi connectivity index (χ4v) is 2.36. The van der Waals surface area contributed by atoms with E-state index in [1.807, 2.05) is 12.1 Å². The first-order chi connectivity index (χ1) is 8.66. The molecule has 0 saturated carbocycles. The molecule has 1 aromatic carbocycles. The third-order valence-electron chi connectivity index (χ3n) is 3.39.